The molecule has 1 aromatic carbocycles. The summed E-state index contributed by atoms with van der Waals surface area (Å²) >= 11 is 1.34. The summed E-state index contributed by atoms with van der Waals surface area (Å²) in [5, 5.41) is 3.83. The third-order valence-corrected chi connectivity index (χ3v) is 3.24. The Labute approximate surface area is 109 Å². The standard InChI is InChI=1S/C12H14FN3OS/c1-8(14)6-12-15-11(16-17-12)7-18-10-5-3-2-4-9(10)13/h2-5,8H,6-7,14H2,1H3. The van der Waals surface area contributed by atoms with E-state index >= 15 is 0 Å². The Hall–Kier alpha value is -1.40. The van der Waals surface area contributed by atoms with Crippen LogP contribution < -0.4 is 5.73 Å². The van der Waals surface area contributed by atoms with Crippen molar-refractivity contribution >= 4 is 11.8 Å². The number of benzene rings is 1. The van der Waals surface area contributed by atoms with Crippen LogP contribution in [0.5, 0.6) is 0 Å². The van der Waals surface area contributed by atoms with Gasteiger partial charge in [0, 0.05) is 17.4 Å². The maximum absolute atomic E-state index is 13.4. The molecule has 0 aliphatic heterocycles. The third-order valence-electron chi connectivity index (χ3n) is 2.20. The summed E-state index contributed by atoms with van der Waals surface area (Å²) in [5.41, 5.74) is 5.64. The Kier molecular flexibility index (Phi) is 4.33. The zero-order valence-corrected chi connectivity index (χ0v) is 10.8. The third kappa shape index (κ3) is 3.54. The van der Waals surface area contributed by atoms with Gasteiger partial charge >= 0.3 is 0 Å². The van der Waals surface area contributed by atoms with Crippen LogP contribution >= 0.6 is 11.8 Å². The van der Waals surface area contributed by atoms with Crippen LogP contribution in [0, 0.1) is 5.82 Å². The number of hydrogen-bond donors (Lipinski definition) is 1. The zero-order valence-electron chi connectivity index (χ0n) is 9.97. The number of aromatic nitrogens is 2. The van der Waals surface area contributed by atoms with Crippen LogP contribution in [0.4, 0.5) is 4.39 Å². The van der Waals surface area contributed by atoms with E-state index in [1.54, 1.807) is 18.2 Å². The fraction of sp³-hybridized carbons (Fsp3) is 0.333. The van der Waals surface area contributed by atoms with E-state index in [-0.39, 0.29) is 11.9 Å². The molecule has 0 bridgehead atoms. The molecule has 18 heavy (non-hydrogen) atoms. The minimum atomic E-state index is -0.234. The number of nitrogens with two attached hydrogens (primary N) is 1. The van der Waals surface area contributed by atoms with E-state index in [1.807, 2.05) is 6.92 Å². The molecule has 0 aliphatic carbocycles. The molecule has 4 nitrogen and oxygen atoms in total. The summed E-state index contributed by atoms with van der Waals surface area (Å²) in [5.74, 6) is 1.32. The Morgan fingerprint density at radius 2 is 2.22 bits per heavy atom. The van der Waals surface area contributed by atoms with E-state index in [4.69, 9.17) is 10.3 Å². The number of thioether (sulfide) groups is 1. The Morgan fingerprint density at radius 3 is 2.94 bits per heavy atom. The number of rotatable bonds is 5. The van der Waals surface area contributed by atoms with Crippen molar-refractivity contribution < 1.29 is 8.91 Å². The van der Waals surface area contributed by atoms with E-state index in [9.17, 15) is 4.39 Å². The first-order valence-electron chi connectivity index (χ1n) is 5.59. The van der Waals surface area contributed by atoms with Gasteiger partial charge in [0.05, 0.1) is 5.75 Å². The molecule has 0 aliphatic rings. The van der Waals surface area contributed by atoms with E-state index in [2.05, 4.69) is 10.1 Å². The van der Waals surface area contributed by atoms with Gasteiger partial charge in [-0.15, -0.1) is 11.8 Å². The van der Waals surface area contributed by atoms with Gasteiger partial charge in [-0.25, -0.2) is 4.39 Å². The fourth-order valence-electron chi connectivity index (χ4n) is 1.41. The molecule has 1 aromatic heterocycles. The Bertz CT molecular complexity index is 516. The van der Waals surface area contributed by atoms with E-state index < -0.39 is 0 Å². The zero-order chi connectivity index (χ0) is 13.0. The van der Waals surface area contributed by atoms with Crippen molar-refractivity contribution in [1.29, 1.82) is 0 Å². The summed E-state index contributed by atoms with van der Waals surface area (Å²) in [7, 11) is 0. The van der Waals surface area contributed by atoms with Crippen molar-refractivity contribution in [3.05, 3.63) is 41.8 Å². The molecule has 1 atom stereocenters. The van der Waals surface area contributed by atoms with Crippen molar-refractivity contribution in [2.75, 3.05) is 0 Å². The molecule has 96 valence electrons. The van der Waals surface area contributed by atoms with Gasteiger partial charge in [-0.05, 0) is 19.1 Å². The van der Waals surface area contributed by atoms with Crippen molar-refractivity contribution in [2.45, 2.75) is 30.0 Å². The monoisotopic (exact) mass is 267 g/mol. The topological polar surface area (TPSA) is 64.9 Å². The largest absolute Gasteiger partial charge is 0.339 e. The van der Waals surface area contributed by atoms with Crippen molar-refractivity contribution in [2.24, 2.45) is 5.73 Å². The van der Waals surface area contributed by atoms with Crippen LogP contribution in [0.15, 0.2) is 33.7 Å². The van der Waals surface area contributed by atoms with Crippen molar-refractivity contribution in [1.82, 2.24) is 10.1 Å². The highest BCUT2D eigenvalue weighted by molar-refractivity contribution is 7.98. The molecule has 1 heterocycles. The van der Waals surface area contributed by atoms with Crippen LogP contribution in [-0.4, -0.2) is 16.2 Å². The highest BCUT2D eigenvalue weighted by Gasteiger charge is 2.09. The molecule has 0 fully saturated rings. The predicted octanol–water partition coefficient (Wildman–Crippen LogP) is 2.39. The molecule has 0 saturated carbocycles. The van der Waals surface area contributed by atoms with E-state index in [0.717, 1.165) is 0 Å². The van der Waals surface area contributed by atoms with Gasteiger partial charge in [-0.1, -0.05) is 17.3 Å². The first-order chi connectivity index (χ1) is 8.65. The maximum Gasteiger partial charge on any atom is 0.228 e. The quantitative estimate of drug-likeness (QED) is 0.843. The lowest BCUT2D eigenvalue weighted by atomic mass is 10.2. The van der Waals surface area contributed by atoms with Gasteiger partial charge < -0.3 is 10.3 Å². The smallest absolute Gasteiger partial charge is 0.228 e. The molecule has 2 rings (SSSR count). The average Bonchev–Trinajstić information content (AvgIpc) is 2.75. The summed E-state index contributed by atoms with van der Waals surface area (Å²) in [6.07, 6.45) is 0.553. The molecule has 0 spiro atoms. The van der Waals surface area contributed by atoms with Crippen LogP contribution in [-0.2, 0) is 12.2 Å². The molecule has 6 heteroatoms. The minimum Gasteiger partial charge on any atom is -0.339 e. The van der Waals surface area contributed by atoms with Gasteiger partial charge in [0.1, 0.15) is 5.82 Å². The van der Waals surface area contributed by atoms with Crippen molar-refractivity contribution in [3.8, 4) is 0 Å². The van der Waals surface area contributed by atoms with Gasteiger partial charge in [0.25, 0.3) is 0 Å². The van der Waals surface area contributed by atoms with Crippen LogP contribution in [0.25, 0.3) is 0 Å². The molecule has 1 unspecified atom stereocenters. The number of nitrogens with zero attached hydrogens (tertiary/aromatic N) is 2. The summed E-state index contributed by atoms with van der Waals surface area (Å²) in [4.78, 5) is 4.77. The average molecular weight is 267 g/mol. The molecule has 0 radical (unpaired) electrons. The summed E-state index contributed by atoms with van der Waals surface area (Å²) in [6.45, 7) is 1.87. The molecular weight excluding hydrogens is 253 g/mol. The lowest BCUT2D eigenvalue weighted by Gasteiger charge is -1.99. The van der Waals surface area contributed by atoms with Gasteiger partial charge in [-0.3, -0.25) is 0 Å². The van der Waals surface area contributed by atoms with E-state index in [0.29, 0.717) is 28.8 Å². The molecule has 2 aromatic rings. The molecule has 0 amide bonds. The SMILES string of the molecule is CC(N)Cc1nc(CSc2ccccc2F)no1. The lowest BCUT2D eigenvalue weighted by molar-refractivity contribution is 0.368. The highest BCUT2D eigenvalue weighted by atomic mass is 32.2. The number of hydrogen-bond acceptors (Lipinski definition) is 5. The summed E-state index contributed by atoms with van der Waals surface area (Å²) < 4.78 is 18.4. The predicted molar refractivity (Wildman–Crippen MR) is 67.6 cm³/mol. The molecule has 2 N–H and O–H groups in total. The Balaban J connectivity index is 1.94. The first-order valence-corrected chi connectivity index (χ1v) is 6.58. The molecule has 0 saturated heterocycles. The Morgan fingerprint density at radius 1 is 1.44 bits per heavy atom. The first kappa shape index (κ1) is 13.0. The second kappa shape index (κ2) is 5.97. The fourth-order valence-corrected chi connectivity index (χ4v) is 2.19. The minimum absolute atomic E-state index is 0.0162. The second-order valence-electron chi connectivity index (χ2n) is 4.00. The van der Waals surface area contributed by atoms with Gasteiger partial charge in [-0.2, -0.15) is 4.98 Å². The van der Waals surface area contributed by atoms with Gasteiger partial charge in [0.2, 0.25) is 5.89 Å². The lowest BCUT2D eigenvalue weighted by Crippen LogP contribution is -2.17. The highest BCUT2D eigenvalue weighted by Crippen LogP contribution is 2.24. The van der Waals surface area contributed by atoms with Crippen LogP contribution in [0.3, 0.4) is 0 Å². The summed E-state index contributed by atoms with van der Waals surface area (Å²) in [6, 6.07) is 6.60. The normalized spacial score (nSPS) is 12.6. The van der Waals surface area contributed by atoms with Crippen LogP contribution in [0.2, 0.25) is 0 Å². The van der Waals surface area contributed by atoms with Crippen LogP contribution in [0.1, 0.15) is 18.6 Å². The number of halogens is 1. The van der Waals surface area contributed by atoms with E-state index in [1.165, 1.54) is 17.8 Å². The van der Waals surface area contributed by atoms with Gasteiger partial charge in [0.15, 0.2) is 5.82 Å². The molecular formula is C12H14FN3OS. The van der Waals surface area contributed by atoms with Crippen molar-refractivity contribution in [3.63, 3.8) is 0 Å². The second-order valence-corrected chi connectivity index (χ2v) is 5.02. The maximum atomic E-state index is 13.4.